The summed E-state index contributed by atoms with van der Waals surface area (Å²) in [6, 6.07) is 50.6. The fourth-order valence-corrected chi connectivity index (χ4v) is 7.34. The van der Waals surface area contributed by atoms with Gasteiger partial charge in [-0.25, -0.2) is 0 Å². The van der Waals surface area contributed by atoms with E-state index in [1.54, 1.807) is 0 Å². The summed E-state index contributed by atoms with van der Waals surface area (Å²) in [5.74, 6) is -0.0372. The Hall–Kier alpha value is -4.22. The quantitative estimate of drug-likeness (QED) is 0.0931. The Bertz CT molecular complexity index is 1830. The van der Waals surface area contributed by atoms with Crippen LogP contribution in [0.15, 0.2) is 152 Å². The topological polar surface area (TPSA) is 73.8 Å². The molecule has 2 heterocycles. The molecule has 0 N–H and O–H groups in total. The fourth-order valence-electron chi connectivity index (χ4n) is 7.34. The third-order valence-electron chi connectivity index (χ3n) is 10.6. The predicted octanol–water partition coefficient (Wildman–Crippen LogP) is 9.06. The Morgan fingerprint density at radius 3 is 1.09 bits per heavy atom. The van der Waals surface area contributed by atoms with E-state index < -0.39 is 37.0 Å². The van der Waals surface area contributed by atoms with Crippen molar-refractivity contribution in [3.05, 3.63) is 179 Å². The number of hydrogen-bond acceptors (Lipinski definition) is 8. The van der Waals surface area contributed by atoms with Gasteiger partial charge in [-0.1, -0.05) is 159 Å². The van der Waals surface area contributed by atoms with Crippen molar-refractivity contribution in [3.8, 4) is 0 Å². The Balaban J connectivity index is 1.24. The smallest absolute Gasteiger partial charge is 0.190 e. The van der Waals surface area contributed by atoms with Gasteiger partial charge >= 0.3 is 0 Å². The summed E-state index contributed by atoms with van der Waals surface area (Å²) in [4.78, 5) is 0. The van der Waals surface area contributed by atoms with E-state index >= 15 is 0 Å². The van der Waals surface area contributed by atoms with Gasteiger partial charge in [0.15, 0.2) is 12.6 Å². The van der Waals surface area contributed by atoms with E-state index in [2.05, 4.69) is 38.1 Å². The van der Waals surface area contributed by atoms with E-state index in [1.807, 2.05) is 134 Å². The summed E-state index contributed by atoms with van der Waals surface area (Å²) in [5.41, 5.74) is 5.15. The molecule has 294 valence electrons. The molecular formula is C48H54O8. The molecule has 5 aromatic carbocycles. The Morgan fingerprint density at radius 2 is 0.679 bits per heavy atom. The largest absolute Gasteiger partial charge is 0.372 e. The molecule has 5 unspecified atom stereocenters. The van der Waals surface area contributed by atoms with Crippen molar-refractivity contribution in [2.75, 3.05) is 0 Å². The predicted molar refractivity (Wildman–Crippen MR) is 214 cm³/mol. The summed E-state index contributed by atoms with van der Waals surface area (Å²) in [5, 5.41) is 0. The molecule has 5 aromatic rings. The Labute approximate surface area is 331 Å². The second kappa shape index (κ2) is 20.3. The van der Waals surface area contributed by atoms with Crippen LogP contribution in [-0.2, 0) is 70.9 Å². The highest BCUT2D eigenvalue weighted by Crippen LogP contribution is 2.37. The van der Waals surface area contributed by atoms with E-state index in [4.69, 9.17) is 37.9 Å². The SMILES string of the molecule is CC1OC(C)[C@@H](OCc2ccccc2)[C@H](O[C@H]2O[C@@H](OCc3ccccc3)[C@H](OCc3ccccc3)C(OCc3ccccc3)C2OCc2ccccc2)C1C. The molecule has 2 aliphatic rings. The average Bonchev–Trinajstić information content (AvgIpc) is 3.24. The molecule has 56 heavy (non-hydrogen) atoms. The van der Waals surface area contributed by atoms with Gasteiger partial charge in [0.2, 0.25) is 0 Å². The van der Waals surface area contributed by atoms with Crippen LogP contribution in [0.3, 0.4) is 0 Å². The standard InChI is InChI=1S/C48H54O8/c1-34-35(2)54-36(3)43(49-29-37-19-9-4-10-20-37)42(34)55-48-46(52-32-40-25-15-7-16-26-40)44(50-30-38-21-11-5-12-22-38)45(51-31-39-23-13-6-14-24-39)47(56-48)53-33-41-27-17-8-18-28-41/h4-28,34-36,42-48H,29-33H2,1-3H3/t34?,35?,36?,42-,43-,44?,45-,46?,47-,48+/m1/s1. The average molecular weight is 759 g/mol. The molecule has 8 nitrogen and oxygen atoms in total. The zero-order chi connectivity index (χ0) is 38.5. The van der Waals surface area contributed by atoms with Crippen molar-refractivity contribution in [1.82, 2.24) is 0 Å². The third-order valence-corrected chi connectivity index (χ3v) is 10.6. The Kier molecular flexibility index (Phi) is 14.5. The highest BCUT2D eigenvalue weighted by molar-refractivity contribution is 5.17. The van der Waals surface area contributed by atoms with Gasteiger partial charge in [0.25, 0.3) is 0 Å². The van der Waals surface area contributed by atoms with Gasteiger partial charge in [-0.3, -0.25) is 0 Å². The first kappa shape index (κ1) is 40.0. The van der Waals surface area contributed by atoms with Crippen LogP contribution >= 0.6 is 0 Å². The van der Waals surface area contributed by atoms with E-state index in [0.717, 1.165) is 27.8 Å². The molecule has 7 rings (SSSR count). The van der Waals surface area contributed by atoms with Crippen molar-refractivity contribution in [2.24, 2.45) is 5.92 Å². The van der Waals surface area contributed by atoms with Gasteiger partial charge in [-0.15, -0.1) is 0 Å². The van der Waals surface area contributed by atoms with Crippen LogP contribution in [0.2, 0.25) is 0 Å². The molecule has 0 radical (unpaired) electrons. The molecule has 8 heteroatoms. The van der Waals surface area contributed by atoms with Crippen molar-refractivity contribution >= 4 is 0 Å². The van der Waals surface area contributed by atoms with Crippen LogP contribution < -0.4 is 0 Å². The van der Waals surface area contributed by atoms with Crippen LogP contribution in [0, 0.1) is 5.92 Å². The van der Waals surface area contributed by atoms with E-state index in [1.165, 1.54) is 0 Å². The molecule has 2 aliphatic heterocycles. The minimum atomic E-state index is -0.912. The highest BCUT2D eigenvalue weighted by Gasteiger charge is 2.52. The monoisotopic (exact) mass is 758 g/mol. The van der Waals surface area contributed by atoms with Crippen molar-refractivity contribution in [3.63, 3.8) is 0 Å². The van der Waals surface area contributed by atoms with Crippen LogP contribution in [0.4, 0.5) is 0 Å². The van der Waals surface area contributed by atoms with Crippen molar-refractivity contribution in [1.29, 1.82) is 0 Å². The van der Waals surface area contributed by atoms with Gasteiger partial charge in [0.05, 0.1) is 51.3 Å². The lowest BCUT2D eigenvalue weighted by Gasteiger charge is -2.49. The zero-order valence-corrected chi connectivity index (χ0v) is 32.5. The summed E-state index contributed by atoms with van der Waals surface area (Å²) in [6.07, 6.45) is -4.95. The van der Waals surface area contributed by atoms with Crippen LogP contribution in [0.1, 0.15) is 48.6 Å². The van der Waals surface area contributed by atoms with Crippen molar-refractivity contribution in [2.45, 2.75) is 109 Å². The van der Waals surface area contributed by atoms with Crippen LogP contribution in [0.25, 0.3) is 0 Å². The van der Waals surface area contributed by atoms with E-state index in [9.17, 15) is 0 Å². The lowest BCUT2D eigenvalue weighted by molar-refractivity contribution is -0.388. The van der Waals surface area contributed by atoms with Crippen LogP contribution in [-0.4, -0.2) is 55.3 Å². The summed E-state index contributed by atoms with van der Waals surface area (Å²) < 4.78 is 54.5. The van der Waals surface area contributed by atoms with Crippen LogP contribution in [0.5, 0.6) is 0 Å². The molecule has 0 aliphatic carbocycles. The molecule has 0 saturated carbocycles. The minimum Gasteiger partial charge on any atom is -0.372 e. The molecule has 10 atom stereocenters. The third kappa shape index (κ3) is 10.8. The summed E-state index contributed by atoms with van der Waals surface area (Å²) in [7, 11) is 0. The molecular weight excluding hydrogens is 705 g/mol. The van der Waals surface area contributed by atoms with E-state index in [-0.39, 0.29) is 24.2 Å². The second-order valence-corrected chi connectivity index (χ2v) is 14.7. The van der Waals surface area contributed by atoms with E-state index in [0.29, 0.717) is 33.0 Å². The van der Waals surface area contributed by atoms with Gasteiger partial charge in [-0.2, -0.15) is 0 Å². The molecule has 2 saturated heterocycles. The lowest BCUT2D eigenvalue weighted by atomic mass is 9.88. The minimum absolute atomic E-state index is 0.0372. The number of ether oxygens (including phenoxy) is 8. The maximum absolute atomic E-state index is 7.20. The zero-order valence-electron chi connectivity index (χ0n) is 32.5. The summed E-state index contributed by atoms with van der Waals surface area (Å²) >= 11 is 0. The first-order valence-corrected chi connectivity index (χ1v) is 19.8. The molecule has 0 aromatic heterocycles. The van der Waals surface area contributed by atoms with Gasteiger partial charge in [-0.05, 0) is 41.7 Å². The summed E-state index contributed by atoms with van der Waals surface area (Å²) in [6.45, 7) is 7.95. The number of hydrogen-bond donors (Lipinski definition) is 0. The van der Waals surface area contributed by atoms with Crippen molar-refractivity contribution < 1.29 is 37.9 Å². The van der Waals surface area contributed by atoms with Gasteiger partial charge < -0.3 is 37.9 Å². The fraction of sp³-hybridized carbons (Fsp3) is 0.375. The maximum atomic E-state index is 7.20. The molecule has 0 bridgehead atoms. The lowest BCUT2D eigenvalue weighted by Crippen LogP contribution is -2.64. The first-order chi connectivity index (χ1) is 27.5. The molecule has 0 amide bonds. The second-order valence-electron chi connectivity index (χ2n) is 14.7. The van der Waals surface area contributed by atoms with Gasteiger partial charge in [0.1, 0.15) is 24.4 Å². The molecule has 0 spiro atoms. The highest BCUT2D eigenvalue weighted by atomic mass is 16.8. The maximum Gasteiger partial charge on any atom is 0.190 e. The molecule has 2 fully saturated rings. The number of rotatable bonds is 17. The van der Waals surface area contributed by atoms with Gasteiger partial charge in [0, 0.05) is 5.92 Å². The number of benzene rings is 5. The first-order valence-electron chi connectivity index (χ1n) is 19.8. The normalized spacial score (nSPS) is 27.8. The Morgan fingerprint density at radius 1 is 0.339 bits per heavy atom.